The lowest BCUT2D eigenvalue weighted by Crippen LogP contribution is -2.03. The molecule has 0 atom stereocenters. The Bertz CT molecular complexity index is 488. The Morgan fingerprint density at radius 2 is 2.22 bits per heavy atom. The maximum atomic E-state index is 12.8. The van der Waals surface area contributed by atoms with Crippen molar-refractivity contribution in [3.05, 3.63) is 53.1 Å². The molecule has 0 aliphatic carbocycles. The summed E-state index contributed by atoms with van der Waals surface area (Å²) in [5, 5.41) is 0. The molecule has 1 aromatic heterocycles. The van der Waals surface area contributed by atoms with Crippen molar-refractivity contribution in [2.45, 2.75) is 20.3 Å². The average molecular weight is 249 g/mol. The monoisotopic (exact) mass is 249 g/mol. The maximum absolute atomic E-state index is 12.8. The van der Waals surface area contributed by atoms with E-state index in [2.05, 4.69) is 9.72 Å². The molecule has 0 amide bonds. The van der Waals surface area contributed by atoms with E-state index >= 15 is 0 Å². The zero-order valence-electron chi connectivity index (χ0n) is 10.7. The van der Waals surface area contributed by atoms with E-state index in [0.717, 1.165) is 11.1 Å². The zero-order valence-corrected chi connectivity index (χ0v) is 10.7. The topological polar surface area (TPSA) is 39.2 Å². The first-order valence-corrected chi connectivity index (χ1v) is 5.58. The number of methoxy groups -OCH3 is 1. The van der Waals surface area contributed by atoms with Gasteiger partial charge in [0.2, 0.25) is 0 Å². The number of pyridine rings is 1. The number of esters is 1. The zero-order chi connectivity index (χ0) is 13.5. The van der Waals surface area contributed by atoms with Crippen LogP contribution in [-0.2, 0) is 11.2 Å². The normalized spacial score (nSPS) is 12.4. The molecule has 0 saturated heterocycles. The lowest BCUT2D eigenvalue weighted by atomic mass is 10.0. The van der Waals surface area contributed by atoms with Gasteiger partial charge in [0.15, 0.2) is 0 Å². The van der Waals surface area contributed by atoms with E-state index in [1.54, 1.807) is 12.3 Å². The summed E-state index contributed by atoms with van der Waals surface area (Å²) in [4.78, 5) is 15.3. The number of carbonyl (C=O) groups excluding carboxylic acids is 1. The van der Waals surface area contributed by atoms with Crippen LogP contribution in [0.5, 0.6) is 0 Å². The molecule has 0 fully saturated rings. The number of allylic oxidation sites excluding steroid dienone is 4. The number of hydrogen-bond acceptors (Lipinski definition) is 3. The number of carbonyl (C=O) groups is 1. The van der Waals surface area contributed by atoms with Gasteiger partial charge >= 0.3 is 5.97 Å². The summed E-state index contributed by atoms with van der Waals surface area (Å²) in [7, 11) is 1.32. The molecule has 0 saturated carbocycles. The third-order valence-corrected chi connectivity index (χ3v) is 2.38. The molecule has 0 radical (unpaired) electrons. The second kappa shape index (κ2) is 6.69. The van der Waals surface area contributed by atoms with Crippen LogP contribution in [0.25, 0.3) is 0 Å². The highest BCUT2D eigenvalue weighted by molar-refractivity contribution is 5.89. The molecule has 3 nitrogen and oxygen atoms in total. The Balaban J connectivity index is 2.91. The third kappa shape index (κ3) is 4.13. The third-order valence-electron chi connectivity index (χ3n) is 2.38. The van der Waals surface area contributed by atoms with E-state index in [9.17, 15) is 9.18 Å². The van der Waals surface area contributed by atoms with E-state index < -0.39 is 5.97 Å². The van der Waals surface area contributed by atoms with Crippen molar-refractivity contribution in [1.82, 2.24) is 4.98 Å². The molecule has 1 aromatic rings. The van der Waals surface area contributed by atoms with E-state index in [4.69, 9.17) is 0 Å². The van der Waals surface area contributed by atoms with Gasteiger partial charge in [-0.15, -0.1) is 0 Å². The van der Waals surface area contributed by atoms with Crippen molar-refractivity contribution < 1.29 is 13.9 Å². The fraction of sp³-hybridized carbons (Fsp3) is 0.286. The highest BCUT2D eigenvalue weighted by atomic mass is 19.1. The van der Waals surface area contributed by atoms with Crippen molar-refractivity contribution in [3.63, 3.8) is 0 Å². The van der Waals surface area contributed by atoms with Crippen LogP contribution in [0.1, 0.15) is 29.8 Å². The Morgan fingerprint density at radius 1 is 1.50 bits per heavy atom. The van der Waals surface area contributed by atoms with E-state index in [1.807, 2.05) is 13.0 Å². The van der Waals surface area contributed by atoms with Gasteiger partial charge in [-0.25, -0.2) is 9.18 Å². The quantitative estimate of drug-likeness (QED) is 0.607. The molecule has 1 heterocycles. The molecule has 0 unspecified atom stereocenters. The molecule has 0 aromatic carbocycles. The van der Waals surface area contributed by atoms with Crippen LogP contribution in [0.3, 0.4) is 0 Å². The molecule has 4 heteroatoms. The minimum atomic E-state index is -0.427. The summed E-state index contributed by atoms with van der Waals surface area (Å²) in [5.74, 6) is -0.677. The van der Waals surface area contributed by atoms with Crippen molar-refractivity contribution >= 4 is 5.97 Å². The molecule has 0 aliphatic heterocycles. The van der Waals surface area contributed by atoms with Gasteiger partial charge in [0.25, 0.3) is 0 Å². The molecule has 18 heavy (non-hydrogen) atoms. The van der Waals surface area contributed by atoms with Crippen LogP contribution in [-0.4, -0.2) is 18.1 Å². The van der Waals surface area contributed by atoms with Crippen LogP contribution in [0.15, 0.2) is 42.0 Å². The Hall–Kier alpha value is -1.97. The summed E-state index contributed by atoms with van der Waals surface area (Å²) in [6.07, 6.45) is 6.91. The Kier molecular flexibility index (Phi) is 5.24. The first-order valence-electron chi connectivity index (χ1n) is 5.58. The number of aromatic nitrogens is 1. The van der Waals surface area contributed by atoms with Crippen molar-refractivity contribution in [1.29, 1.82) is 0 Å². The van der Waals surface area contributed by atoms with Crippen LogP contribution in [0, 0.1) is 0 Å². The standard InChI is InChI=1S/C14H16FNO2/c1-4-11(5-10(2)15)6-12-7-13(9-16-8-12)14(17)18-3/h4-5,7-9H,6H2,1-3H3/b10-5+,11-4+. The largest absolute Gasteiger partial charge is 0.465 e. The smallest absolute Gasteiger partial charge is 0.339 e. The molecule has 0 aliphatic rings. The van der Waals surface area contributed by atoms with Gasteiger partial charge in [0.1, 0.15) is 0 Å². The Morgan fingerprint density at radius 3 is 2.78 bits per heavy atom. The SMILES string of the molecule is C/C=C(\C=C(/C)F)Cc1cncc(C(=O)OC)c1. The lowest BCUT2D eigenvalue weighted by molar-refractivity contribution is 0.0600. The number of rotatable bonds is 4. The summed E-state index contributed by atoms with van der Waals surface area (Å²) in [6.45, 7) is 3.24. The molecule has 96 valence electrons. The molecule has 0 bridgehead atoms. The van der Waals surface area contributed by atoms with E-state index in [1.165, 1.54) is 26.3 Å². The lowest BCUT2D eigenvalue weighted by Gasteiger charge is -2.04. The minimum Gasteiger partial charge on any atom is -0.465 e. The van der Waals surface area contributed by atoms with E-state index in [0.29, 0.717) is 12.0 Å². The molecular formula is C14H16FNO2. The first-order chi connectivity index (χ1) is 8.56. The van der Waals surface area contributed by atoms with Gasteiger partial charge in [-0.1, -0.05) is 6.08 Å². The van der Waals surface area contributed by atoms with Crippen molar-refractivity contribution in [2.24, 2.45) is 0 Å². The molecule has 0 N–H and O–H groups in total. The second-order valence-corrected chi connectivity index (χ2v) is 3.84. The predicted octanol–water partition coefficient (Wildman–Crippen LogP) is 3.23. The fourth-order valence-corrected chi connectivity index (χ4v) is 1.54. The first kappa shape index (κ1) is 14.1. The van der Waals surface area contributed by atoms with Gasteiger partial charge in [-0.2, -0.15) is 0 Å². The van der Waals surface area contributed by atoms with Gasteiger partial charge in [-0.05, 0) is 43.5 Å². The number of halogens is 1. The van der Waals surface area contributed by atoms with Gasteiger partial charge < -0.3 is 4.74 Å². The van der Waals surface area contributed by atoms with Crippen LogP contribution < -0.4 is 0 Å². The maximum Gasteiger partial charge on any atom is 0.339 e. The van der Waals surface area contributed by atoms with Crippen LogP contribution in [0.4, 0.5) is 4.39 Å². The Labute approximate surface area is 106 Å². The highest BCUT2D eigenvalue weighted by Crippen LogP contribution is 2.13. The number of nitrogens with zero attached hydrogens (tertiary/aromatic N) is 1. The van der Waals surface area contributed by atoms with Gasteiger partial charge in [-0.3, -0.25) is 4.98 Å². The van der Waals surface area contributed by atoms with Crippen LogP contribution in [0.2, 0.25) is 0 Å². The molecular weight excluding hydrogens is 233 g/mol. The van der Waals surface area contributed by atoms with Crippen LogP contribution >= 0.6 is 0 Å². The van der Waals surface area contributed by atoms with Gasteiger partial charge in [0.05, 0.1) is 18.5 Å². The molecule has 1 rings (SSSR count). The predicted molar refractivity (Wildman–Crippen MR) is 67.9 cm³/mol. The molecule has 0 spiro atoms. The highest BCUT2D eigenvalue weighted by Gasteiger charge is 2.07. The average Bonchev–Trinajstić information content (AvgIpc) is 2.36. The summed E-state index contributed by atoms with van der Waals surface area (Å²) in [6, 6.07) is 1.70. The van der Waals surface area contributed by atoms with E-state index in [-0.39, 0.29) is 5.83 Å². The number of ether oxygens (including phenoxy) is 1. The summed E-state index contributed by atoms with van der Waals surface area (Å²) in [5.41, 5.74) is 2.06. The fourth-order valence-electron chi connectivity index (χ4n) is 1.54. The summed E-state index contributed by atoms with van der Waals surface area (Å²) >= 11 is 0. The second-order valence-electron chi connectivity index (χ2n) is 3.84. The van der Waals surface area contributed by atoms with Crippen molar-refractivity contribution in [3.8, 4) is 0 Å². The van der Waals surface area contributed by atoms with Crippen molar-refractivity contribution in [2.75, 3.05) is 7.11 Å². The number of hydrogen-bond donors (Lipinski definition) is 0. The summed E-state index contributed by atoms with van der Waals surface area (Å²) < 4.78 is 17.5. The minimum absolute atomic E-state index is 0.250. The van der Waals surface area contributed by atoms with Gasteiger partial charge in [0, 0.05) is 12.4 Å².